The predicted molar refractivity (Wildman–Crippen MR) is 84.7 cm³/mol. The summed E-state index contributed by atoms with van der Waals surface area (Å²) >= 11 is 0. The van der Waals surface area contributed by atoms with Gasteiger partial charge in [-0.15, -0.1) is 0 Å². The van der Waals surface area contributed by atoms with E-state index in [2.05, 4.69) is 45.0 Å². The smallest absolute Gasteiger partial charge is 0.119 e. The van der Waals surface area contributed by atoms with Crippen LogP contribution in [0.15, 0.2) is 24.3 Å². The molecule has 1 aliphatic rings. The lowest BCUT2D eigenvalue weighted by atomic mass is 9.87. The summed E-state index contributed by atoms with van der Waals surface area (Å²) in [5, 5.41) is 0. The third-order valence-electron chi connectivity index (χ3n) is 4.22. The average molecular weight is 276 g/mol. The van der Waals surface area contributed by atoms with E-state index in [0.717, 1.165) is 18.8 Å². The first-order chi connectivity index (χ1) is 9.55. The lowest BCUT2D eigenvalue weighted by Crippen LogP contribution is -3.12. The number of benzene rings is 1. The van der Waals surface area contributed by atoms with Gasteiger partial charge < -0.3 is 9.64 Å². The van der Waals surface area contributed by atoms with Gasteiger partial charge in [0.05, 0.1) is 26.2 Å². The molecule has 0 bridgehead atoms. The topological polar surface area (TPSA) is 13.7 Å². The van der Waals surface area contributed by atoms with Gasteiger partial charge >= 0.3 is 0 Å². The van der Waals surface area contributed by atoms with E-state index in [1.165, 1.54) is 44.5 Å². The summed E-state index contributed by atoms with van der Waals surface area (Å²) < 4.78 is 5.85. The second-order valence-corrected chi connectivity index (χ2v) is 7.04. The number of piperidine rings is 1. The summed E-state index contributed by atoms with van der Waals surface area (Å²) in [5.41, 5.74) is 1.58. The summed E-state index contributed by atoms with van der Waals surface area (Å²) in [6.45, 7) is 11.6. The molecule has 112 valence electrons. The summed E-state index contributed by atoms with van der Waals surface area (Å²) in [6.07, 6.45) is 5.41. The Morgan fingerprint density at radius 2 is 1.65 bits per heavy atom. The lowest BCUT2D eigenvalue weighted by Gasteiger charge is -2.23. The zero-order valence-electron chi connectivity index (χ0n) is 13.4. The van der Waals surface area contributed by atoms with E-state index in [0.29, 0.717) is 0 Å². The fourth-order valence-electron chi connectivity index (χ4n) is 2.87. The normalized spacial score (nSPS) is 17.1. The zero-order chi connectivity index (χ0) is 14.4. The summed E-state index contributed by atoms with van der Waals surface area (Å²) in [4.78, 5) is 1.77. The van der Waals surface area contributed by atoms with E-state index in [1.807, 2.05) is 0 Å². The Bertz CT molecular complexity index is 385. The van der Waals surface area contributed by atoms with Gasteiger partial charge in [-0.1, -0.05) is 32.9 Å². The standard InChI is InChI=1S/C18H29NO/c1-18(2,3)16-8-10-17(11-9-16)20-15-7-14-19-12-5-4-6-13-19/h8-11H,4-7,12-15H2,1-3H3/p+1. The summed E-state index contributed by atoms with van der Waals surface area (Å²) in [7, 11) is 0. The molecule has 2 rings (SSSR count). The quantitative estimate of drug-likeness (QED) is 0.817. The maximum atomic E-state index is 5.85. The molecule has 0 unspecified atom stereocenters. The van der Waals surface area contributed by atoms with Crippen molar-refractivity contribution >= 4 is 0 Å². The summed E-state index contributed by atoms with van der Waals surface area (Å²) in [6, 6.07) is 8.58. The van der Waals surface area contributed by atoms with E-state index >= 15 is 0 Å². The number of nitrogens with one attached hydrogen (secondary N) is 1. The molecule has 1 aromatic carbocycles. The van der Waals surface area contributed by atoms with Crippen molar-refractivity contribution in [3.05, 3.63) is 29.8 Å². The number of hydrogen-bond donors (Lipinski definition) is 1. The molecule has 20 heavy (non-hydrogen) atoms. The van der Waals surface area contributed by atoms with Crippen LogP contribution < -0.4 is 9.64 Å². The van der Waals surface area contributed by atoms with Crippen LogP contribution in [0.4, 0.5) is 0 Å². The SMILES string of the molecule is CC(C)(C)c1ccc(OCCC[NH+]2CCCCC2)cc1. The van der Waals surface area contributed by atoms with Crippen molar-refractivity contribution in [3.8, 4) is 5.75 Å². The van der Waals surface area contributed by atoms with Crippen LogP contribution in [0.25, 0.3) is 0 Å². The van der Waals surface area contributed by atoms with Gasteiger partial charge in [-0.05, 0) is 42.4 Å². The molecule has 0 aliphatic carbocycles. The van der Waals surface area contributed by atoms with Crippen LogP contribution in [0, 0.1) is 0 Å². The van der Waals surface area contributed by atoms with Gasteiger partial charge in [-0.25, -0.2) is 0 Å². The Kier molecular flexibility index (Phi) is 5.47. The number of likely N-dealkylation sites (tertiary alicyclic amines) is 1. The number of rotatable bonds is 5. The second-order valence-electron chi connectivity index (χ2n) is 7.04. The maximum Gasteiger partial charge on any atom is 0.119 e. The first-order valence-corrected chi connectivity index (χ1v) is 8.12. The molecule has 0 amide bonds. The fraction of sp³-hybridized carbons (Fsp3) is 0.667. The van der Waals surface area contributed by atoms with Gasteiger partial charge in [0.1, 0.15) is 5.75 Å². The van der Waals surface area contributed by atoms with Gasteiger partial charge in [-0.2, -0.15) is 0 Å². The lowest BCUT2D eigenvalue weighted by molar-refractivity contribution is -0.905. The largest absolute Gasteiger partial charge is 0.493 e. The molecule has 1 heterocycles. The number of hydrogen-bond acceptors (Lipinski definition) is 1. The molecular formula is C18H30NO+. The Hall–Kier alpha value is -1.02. The molecule has 1 aliphatic heterocycles. The van der Waals surface area contributed by atoms with E-state index in [-0.39, 0.29) is 5.41 Å². The Morgan fingerprint density at radius 1 is 1.00 bits per heavy atom. The minimum absolute atomic E-state index is 0.218. The molecule has 0 atom stereocenters. The van der Waals surface area contributed by atoms with Gasteiger partial charge in [0, 0.05) is 6.42 Å². The second kappa shape index (κ2) is 7.12. The van der Waals surface area contributed by atoms with E-state index in [9.17, 15) is 0 Å². The molecule has 0 spiro atoms. The highest BCUT2D eigenvalue weighted by atomic mass is 16.5. The van der Waals surface area contributed by atoms with Crippen LogP contribution in [0.5, 0.6) is 5.75 Å². The molecule has 2 heteroatoms. The Balaban J connectivity index is 1.68. The molecule has 1 saturated heterocycles. The van der Waals surface area contributed by atoms with Crippen molar-refractivity contribution < 1.29 is 9.64 Å². The van der Waals surface area contributed by atoms with Crippen LogP contribution in [-0.4, -0.2) is 26.2 Å². The van der Waals surface area contributed by atoms with Crippen molar-refractivity contribution in [1.82, 2.24) is 0 Å². The number of quaternary nitrogens is 1. The maximum absolute atomic E-state index is 5.85. The molecule has 0 saturated carbocycles. The molecular weight excluding hydrogens is 246 g/mol. The molecule has 1 aromatic rings. The first kappa shape index (κ1) is 15.4. The molecule has 2 nitrogen and oxygen atoms in total. The predicted octanol–water partition coefficient (Wildman–Crippen LogP) is 2.82. The summed E-state index contributed by atoms with van der Waals surface area (Å²) in [5.74, 6) is 1.01. The molecule has 0 aromatic heterocycles. The Labute approximate surface area is 124 Å². The molecule has 1 N–H and O–H groups in total. The third kappa shape index (κ3) is 4.82. The van der Waals surface area contributed by atoms with E-state index in [4.69, 9.17) is 4.74 Å². The van der Waals surface area contributed by atoms with Crippen LogP contribution in [0.3, 0.4) is 0 Å². The Morgan fingerprint density at radius 3 is 2.25 bits per heavy atom. The van der Waals surface area contributed by atoms with Gasteiger partial charge in [0.2, 0.25) is 0 Å². The van der Waals surface area contributed by atoms with Crippen molar-refractivity contribution in [2.45, 2.75) is 51.9 Å². The molecule has 1 fully saturated rings. The average Bonchev–Trinajstić information content (AvgIpc) is 2.44. The van der Waals surface area contributed by atoms with E-state index in [1.54, 1.807) is 4.90 Å². The van der Waals surface area contributed by atoms with Crippen molar-refractivity contribution in [1.29, 1.82) is 0 Å². The van der Waals surface area contributed by atoms with Crippen molar-refractivity contribution in [2.24, 2.45) is 0 Å². The van der Waals surface area contributed by atoms with Gasteiger partial charge in [0.25, 0.3) is 0 Å². The highest BCUT2D eigenvalue weighted by Gasteiger charge is 2.14. The molecule has 0 radical (unpaired) electrons. The highest BCUT2D eigenvalue weighted by Crippen LogP contribution is 2.24. The monoisotopic (exact) mass is 276 g/mol. The highest BCUT2D eigenvalue weighted by molar-refractivity contribution is 5.31. The zero-order valence-corrected chi connectivity index (χ0v) is 13.4. The fourth-order valence-corrected chi connectivity index (χ4v) is 2.87. The van der Waals surface area contributed by atoms with Crippen LogP contribution >= 0.6 is 0 Å². The van der Waals surface area contributed by atoms with Crippen molar-refractivity contribution in [3.63, 3.8) is 0 Å². The third-order valence-corrected chi connectivity index (χ3v) is 4.22. The van der Waals surface area contributed by atoms with Crippen LogP contribution in [-0.2, 0) is 5.41 Å². The van der Waals surface area contributed by atoms with Crippen molar-refractivity contribution in [2.75, 3.05) is 26.2 Å². The number of ether oxygens (including phenoxy) is 1. The first-order valence-electron chi connectivity index (χ1n) is 8.12. The van der Waals surface area contributed by atoms with Crippen LogP contribution in [0.2, 0.25) is 0 Å². The minimum Gasteiger partial charge on any atom is -0.493 e. The van der Waals surface area contributed by atoms with E-state index < -0.39 is 0 Å². The van der Waals surface area contributed by atoms with Crippen LogP contribution in [0.1, 0.15) is 52.0 Å². The van der Waals surface area contributed by atoms with Gasteiger partial charge in [-0.3, -0.25) is 0 Å². The minimum atomic E-state index is 0.218. The van der Waals surface area contributed by atoms with Gasteiger partial charge in [0.15, 0.2) is 0 Å².